The van der Waals surface area contributed by atoms with Gasteiger partial charge in [-0.3, -0.25) is 9.59 Å². The van der Waals surface area contributed by atoms with Crippen LogP contribution in [0.3, 0.4) is 0 Å². The first-order valence-electron chi connectivity index (χ1n) is 8.19. The van der Waals surface area contributed by atoms with Crippen LogP contribution >= 0.6 is 0 Å². The minimum absolute atomic E-state index is 0.0658. The van der Waals surface area contributed by atoms with Crippen LogP contribution in [0.2, 0.25) is 0 Å². The van der Waals surface area contributed by atoms with Crippen LogP contribution in [0.4, 0.5) is 0 Å². The van der Waals surface area contributed by atoms with Crippen molar-refractivity contribution in [3.63, 3.8) is 0 Å². The number of aliphatic carboxylic acids is 1. The molecular formula is C18H25NO5. The first-order valence-corrected chi connectivity index (χ1v) is 8.19. The van der Waals surface area contributed by atoms with E-state index in [2.05, 4.69) is 5.32 Å². The Morgan fingerprint density at radius 1 is 1.29 bits per heavy atom. The Morgan fingerprint density at radius 3 is 2.62 bits per heavy atom. The Kier molecular flexibility index (Phi) is 6.34. The first kappa shape index (κ1) is 18.4. The quantitative estimate of drug-likeness (QED) is 0.798. The van der Waals surface area contributed by atoms with Crippen LogP contribution in [0, 0.1) is 5.41 Å². The number of hydrogen-bond donors (Lipinski definition) is 2. The molecule has 0 aromatic heterocycles. The molecule has 0 radical (unpaired) electrons. The SMILES string of the molecule is CC(C)(CNC(=O)c1ccccc1COC1CCOCC1)C(=O)O. The molecule has 24 heavy (non-hydrogen) atoms. The smallest absolute Gasteiger partial charge is 0.310 e. The first-order chi connectivity index (χ1) is 11.4. The molecule has 1 heterocycles. The van der Waals surface area contributed by atoms with E-state index in [-0.39, 0.29) is 18.6 Å². The summed E-state index contributed by atoms with van der Waals surface area (Å²) in [6.45, 7) is 4.99. The van der Waals surface area contributed by atoms with Crippen LogP contribution in [0.15, 0.2) is 24.3 Å². The number of hydrogen-bond acceptors (Lipinski definition) is 4. The molecule has 2 rings (SSSR count). The second-order valence-corrected chi connectivity index (χ2v) is 6.65. The summed E-state index contributed by atoms with van der Waals surface area (Å²) in [6.07, 6.45) is 1.88. The Labute approximate surface area is 142 Å². The summed E-state index contributed by atoms with van der Waals surface area (Å²) in [7, 11) is 0. The van der Waals surface area contributed by atoms with Crippen molar-refractivity contribution in [1.29, 1.82) is 0 Å². The molecule has 1 aliphatic rings. The average Bonchev–Trinajstić information content (AvgIpc) is 2.59. The molecule has 0 spiro atoms. The predicted octanol–water partition coefficient (Wildman–Crippen LogP) is 2.22. The van der Waals surface area contributed by atoms with E-state index in [1.807, 2.05) is 12.1 Å². The molecular weight excluding hydrogens is 310 g/mol. The van der Waals surface area contributed by atoms with Gasteiger partial charge < -0.3 is 19.9 Å². The molecule has 2 N–H and O–H groups in total. The minimum atomic E-state index is -1.01. The summed E-state index contributed by atoms with van der Waals surface area (Å²) in [5, 5.41) is 11.8. The van der Waals surface area contributed by atoms with Gasteiger partial charge in [-0.05, 0) is 38.3 Å². The van der Waals surface area contributed by atoms with Gasteiger partial charge in [0.1, 0.15) is 0 Å². The Hall–Kier alpha value is -1.92. The monoisotopic (exact) mass is 335 g/mol. The summed E-state index contributed by atoms with van der Waals surface area (Å²) in [5.74, 6) is -1.23. The van der Waals surface area contributed by atoms with Gasteiger partial charge >= 0.3 is 5.97 Å². The lowest BCUT2D eigenvalue weighted by Gasteiger charge is -2.23. The van der Waals surface area contributed by atoms with Gasteiger partial charge in [0.15, 0.2) is 0 Å². The summed E-state index contributed by atoms with van der Waals surface area (Å²) < 4.78 is 11.2. The number of rotatable bonds is 7. The Bertz CT molecular complexity index is 579. The van der Waals surface area contributed by atoms with Gasteiger partial charge in [-0.25, -0.2) is 0 Å². The summed E-state index contributed by atoms with van der Waals surface area (Å²) >= 11 is 0. The summed E-state index contributed by atoms with van der Waals surface area (Å²) in [5.41, 5.74) is 0.309. The fourth-order valence-electron chi connectivity index (χ4n) is 2.39. The highest BCUT2D eigenvalue weighted by Gasteiger charge is 2.28. The molecule has 0 saturated carbocycles. The maximum absolute atomic E-state index is 12.4. The molecule has 1 aromatic carbocycles. The molecule has 0 bridgehead atoms. The zero-order valence-corrected chi connectivity index (χ0v) is 14.2. The summed E-state index contributed by atoms with van der Waals surface area (Å²) in [6, 6.07) is 7.23. The lowest BCUT2D eigenvalue weighted by Crippen LogP contribution is -2.39. The number of nitrogens with one attached hydrogen (secondary N) is 1. The van der Waals surface area contributed by atoms with Crippen LogP contribution < -0.4 is 5.32 Å². The molecule has 0 unspecified atom stereocenters. The lowest BCUT2D eigenvalue weighted by atomic mass is 9.93. The van der Waals surface area contributed by atoms with Crippen molar-refractivity contribution in [3.05, 3.63) is 35.4 Å². The van der Waals surface area contributed by atoms with Crippen LogP contribution in [0.1, 0.15) is 42.6 Å². The molecule has 6 nitrogen and oxygen atoms in total. The largest absolute Gasteiger partial charge is 0.481 e. The molecule has 1 fully saturated rings. The van der Waals surface area contributed by atoms with Gasteiger partial charge in [0, 0.05) is 25.3 Å². The zero-order valence-electron chi connectivity index (χ0n) is 14.2. The molecule has 6 heteroatoms. The van der Waals surface area contributed by atoms with Crippen molar-refractivity contribution in [2.45, 2.75) is 39.4 Å². The van der Waals surface area contributed by atoms with Crippen molar-refractivity contribution in [2.24, 2.45) is 5.41 Å². The van der Waals surface area contributed by atoms with Gasteiger partial charge in [0.25, 0.3) is 5.91 Å². The third kappa shape index (κ3) is 5.04. The Balaban J connectivity index is 1.96. The van der Waals surface area contributed by atoms with Gasteiger partial charge in [-0.2, -0.15) is 0 Å². The highest BCUT2D eigenvalue weighted by Crippen LogP contribution is 2.17. The highest BCUT2D eigenvalue weighted by molar-refractivity contribution is 5.95. The van der Waals surface area contributed by atoms with Gasteiger partial charge in [-0.1, -0.05) is 18.2 Å². The van der Waals surface area contributed by atoms with E-state index < -0.39 is 11.4 Å². The predicted molar refractivity (Wildman–Crippen MR) is 88.8 cm³/mol. The van der Waals surface area contributed by atoms with Crippen LogP contribution in [0.25, 0.3) is 0 Å². The number of amides is 1. The molecule has 1 amide bonds. The topological polar surface area (TPSA) is 84.9 Å². The van der Waals surface area contributed by atoms with E-state index >= 15 is 0 Å². The fourth-order valence-corrected chi connectivity index (χ4v) is 2.39. The van der Waals surface area contributed by atoms with E-state index in [1.165, 1.54) is 0 Å². The van der Waals surface area contributed by atoms with Gasteiger partial charge in [0.05, 0.1) is 18.1 Å². The molecule has 1 saturated heterocycles. The van der Waals surface area contributed by atoms with Crippen molar-refractivity contribution >= 4 is 11.9 Å². The van der Waals surface area contributed by atoms with Gasteiger partial charge in [0.2, 0.25) is 0 Å². The third-order valence-corrected chi connectivity index (χ3v) is 4.17. The normalized spacial score (nSPS) is 15.9. The number of carboxylic acid groups (broad SMARTS) is 1. The fraction of sp³-hybridized carbons (Fsp3) is 0.556. The second kappa shape index (κ2) is 8.26. The molecule has 132 valence electrons. The number of carboxylic acids is 1. The third-order valence-electron chi connectivity index (χ3n) is 4.17. The average molecular weight is 335 g/mol. The van der Waals surface area contributed by atoms with Crippen molar-refractivity contribution in [2.75, 3.05) is 19.8 Å². The molecule has 0 aliphatic carbocycles. The van der Waals surface area contributed by atoms with Crippen molar-refractivity contribution in [1.82, 2.24) is 5.32 Å². The Morgan fingerprint density at radius 2 is 1.96 bits per heavy atom. The molecule has 1 aliphatic heterocycles. The zero-order chi connectivity index (χ0) is 17.6. The summed E-state index contributed by atoms with van der Waals surface area (Å²) in [4.78, 5) is 23.5. The number of ether oxygens (including phenoxy) is 2. The van der Waals surface area contributed by atoms with E-state index in [1.54, 1.807) is 26.0 Å². The second-order valence-electron chi connectivity index (χ2n) is 6.65. The number of carbonyl (C=O) groups is 2. The van der Waals surface area contributed by atoms with Crippen LogP contribution in [-0.4, -0.2) is 42.8 Å². The number of benzene rings is 1. The number of carbonyl (C=O) groups excluding carboxylic acids is 1. The van der Waals surface area contributed by atoms with Crippen LogP contribution in [0.5, 0.6) is 0 Å². The standard InChI is InChI=1S/C18H25NO5/c1-18(2,17(21)22)12-19-16(20)15-6-4-3-5-13(15)11-24-14-7-9-23-10-8-14/h3-6,14H,7-12H2,1-2H3,(H,19,20)(H,21,22). The van der Waals surface area contributed by atoms with E-state index in [4.69, 9.17) is 14.6 Å². The molecule has 0 atom stereocenters. The minimum Gasteiger partial charge on any atom is -0.481 e. The highest BCUT2D eigenvalue weighted by atomic mass is 16.5. The van der Waals surface area contributed by atoms with Crippen molar-refractivity contribution in [3.8, 4) is 0 Å². The van der Waals surface area contributed by atoms with Gasteiger partial charge in [-0.15, -0.1) is 0 Å². The van der Waals surface area contributed by atoms with Crippen molar-refractivity contribution < 1.29 is 24.2 Å². The maximum Gasteiger partial charge on any atom is 0.310 e. The van der Waals surface area contributed by atoms with E-state index in [9.17, 15) is 9.59 Å². The van der Waals surface area contributed by atoms with E-state index in [0.29, 0.717) is 25.4 Å². The van der Waals surface area contributed by atoms with E-state index in [0.717, 1.165) is 18.4 Å². The lowest BCUT2D eigenvalue weighted by molar-refractivity contribution is -0.146. The maximum atomic E-state index is 12.4. The van der Waals surface area contributed by atoms with Crippen LogP contribution in [-0.2, 0) is 20.9 Å². The molecule has 1 aromatic rings.